The van der Waals surface area contributed by atoms with E-state index in [0.717, 1.165) is 38.4 Å². The van der Waals surface area contributed by atoms with Gasteiger partial charge in [-0.05, 0) is 57.0 Å². The van der Waals surface area contributed by atoms with Crippen molar-refractivity contribution in [2.24, 2.45) is 4.99 Å². The Morgan fingerprint density at radius 1 is 1.16 bits per heavy atom. The van der Waals surface area contributed by atoms with E-state index in [1.54, 1.807) is 26.1 Å². The fourth-order valence-electron chi connectivity index (χ4n) is 3.69. The summed E-state index contributed by atoms with van der Waals surface area (Å²) >= 11 is 0. The lowest BCUT2D eigenvalue weighted by Crippen LogP contribution is -2.45. The fraction of sp³-hybridized carbons (Fsp3) is 0.667. The third kappa shape index (κ3) is 9.04. The number of likely N-dealkylation sites (N-methyl/N-ethyl adjacent to an activating group) is 1. The maximum Gasteiger partial charge on any atom is 0.243 e. The highest BCUT2D eigenvalue weighted by atomic mass is 16.5. The van der Waals surface area contributed by atoms with Gasteiger partial charge in [0.2, 0.25) is 5.91 Å². The SMILES string of the molecule is CCOCCCNC(=NCC(=O)N(C)C)NCC(c1ccc(OC)cc1)N1CCCCC1. The van der Waals surface area contributed by atoms with Crippen LogP contribution in [0.5, 0.6) is 5.75 Å². The summed E-state index contributed by atoms with van der Waals surface area (Å²) in [5.41, 5.74) is 1.25. The predicted octanol–water partition coefficient (Wildman–Crippen LogP) is 2.27. The highest BCUT2D eigenvalue weighted by Crippen LogP contribution is 2.25. The zero-order valence-corrected chi connectivity index (χ0v) is 20.2. The van der Waals surface area contributed by atoms with Gasteiger partial charge in [-0.3, -0.25) is 9.69 Å². The topological polar surface area (TPSA) is 78.4 Å². The van der Waals surface area contributed by atoms with Crippen LogP contribution in [0.2, 0.25) is 0 Å². The number of nitrogens with zero attached hydrogens (tertiary/aromatic N) is 3. The molecule has 1 aliphatic heterocycles. The van der Waals surface area contributed by atoms with Gasteiger partial charge >= 0.3 is 0 Å². The van der Waals surface area contributed by atoms with E-state index in [1.807, 2.05) is 19.1 Å². The van der Waals surface area contributed by atoms with Gasteiger partial charge in [-0.25, -0.2) is 4.99 Å². The number of guanidine groups is 1. The van der Waals surface area contributed by atoms with E-state index in [9.17, 15) is 4.79 Å². The molecule has 8 heteroatoms. The average molecular weight is 448 g/mol. The third-order valence-corrected chi connectivity index (χ3v) is 5.63. The van der Waals surface area contributed by atoms with E-state index in [-0.39, 0.29) is 18.5 Å². The number of hydrogen-bond donors (Lipinski definition) is 2. The van der Waals surface area contributed by atoms with Gasteiger partial charge in [-0.1, -0.05) is 18.6 Å². The summed E-state index contributed by atoms with van der Waals surface area (Å²) in [4.78, 5) is 20.7. The highest BCUT2D eigenvalue weighted by molar-refractivity contribution is 5.84. The van der Waals surface area contributed by atoms with Gasteiger partial charge in [0.25, 0.3) is 0 Å². The lowest BCUT2D eigenvalue weighted by Gasteiger charge is -2.35. The Bertz CT molecular complexity index is 687. The zero-order chi connectivity index (χ0) is 23.2. The summed E-state index contributed by atoms with van der Waals surface area (Å²) in [7, 11) is 5.18. The second-order valence-corrected chi connectivity index (χ2v) is 8.20. The summed E-state index contributed by atoms with van der Waals surface area (Å²) in [6.45, 7) is 7.15. The molecule has 1 atom stereocenters. The molecule has 0 radical (unpaired) electrons. The number of likely N-dealkylation sites (tertiary alicyclic amines) is 1. The van der Waals surface area contributed by atoms with Gasteiger partial charge < -0.3 is 25.0 Å². The number of aliphatic imine (C=N–C) groups is 1. The second kappa shape index (κ2) is 14.7. The molecule has 2 rings (SSSR count). The fourth-order valence-corrected chi connectivity index (χ4v) is 3.69. The van der Waals surface area contributed by atoms with Crippen LogP contribution in [0, 0.1) is 0 Å². The Morgan fingerprint density at radius 3 is 2.50 bits per heavy atom. The van der Waals surface area contributed by atoms with Crippen LogP contribution >= 0.6 is 0 Å². The van der Waals surface area contributed by atoms with Gasteiger partial charge in [0, 0.05) is 40.4 Å². The van der Waals surface area contributed by atoms with Gasteiger partial charge in [0.15, 0.2) is 5.96 Å². The van der Waals surface area contributed by atoms with Crippen LogP contribution in [-0.4, -0.2) is 88.8 Å². The maximum absolute atomic E-state index is 12.1. The molecule has 1 saturated heterocycles. The largest absolute Gasteiger partial charge is 0.497 e. The average Bonchev–Trinajstić information content (AvgIpc) is 2.82. The molecule has 1 fully saturated rings. The normalized spacial score (nSPS) is 15.8. The molecule has 0 bridgehead atoms. The Morgan fingerprint density at radius 2 is 1.88 bits per heavy atom. The van der Waals surface area contributed by atoms with Crippen LogP contribution in [0.4, 0.5) is 0 Å². The molecule has 1 unspecified atom stereocenters. The summed E-state index contributed by atoms with van der Waals surface area (Å²) in [5.74, 6) is 1.50. The standard InChI is InChI=1S/C24H41N5O3/c1-5-32-17-9-14-25-24(27-19-23(30)28(2)3)26-18-22(29-15-7-6-8-16-29)20-10-12-21(31-4)13-11-20/h10-13,22H,5-9,14-19H2,1-4H3,(H2,25,26,27). The molecule has 1 aromatic rings. The molecule has 0 aromatic heterocycles. The first-order valence-corrected chi connectivity index (χ1v) is 11.7. The minimum Gasteiger partial charge on any atom is -0.497 e. The van der Waals surface area contributed by atoms with Crippen LogP contribution in [-0.2, 0) is 9.53 Å². The number of nitrogens with one attached hydrogen (secondary N) is 2. The summed E-state index contributed by atoms with van der Waals surface area (Å²) in [6, 6.07) is 8.54. The number of carbonyl (C=O) groups is 1. The van der Waals surface area contributed by atoms with Gasteiger partial charge in [0.1, 0.15) is 12.3 Å². The van der Waals surface area contributed by atoms with E-state index in [1.165, 1.54) is 24.8 Å². The van der Waals surface area contributed by atoms with Gasteiger partial charge in [-0.15, -0.1) is 0 Å². The van der Waals surface area contributed by atoms with Crippen LogP contribution < -0.4 is 15.4 Å². The van der Waals surface area contributed by atoms with Crippen molar-refractivity contribution in [1.82, 2.24) is 20.4 Å². The third-order valence-electron chi connectivity index (χ3n) is 5.63. The number of piperidine rings is 1. The van der Waals surface area contributed by atoms with Crippen molar-refractivity contribution >= 4 is 11.9 Å². The smallest absolute Gasteiger partial charge is 0.243 e. The number of benzene rings is 1. The van der Waals surface area contributed by atoms with E-state index >= 15 is 0 Å². The number of hydrogen-bond acceptors (Lipinski definition) is 5. The number of amides is 1. The lowest BCUT2D eigenvalue weighted by atomic mass is 10.0. The molecule has 32 heavy (non-hydrogen) atoms. The number of methoxy groups -OCH3 is 1. The van der Waals surface area contributed by atoms with E-state index in [0.29, 0.717) is 19.1 Å². The quantitative estimate of drug-likeness (QED) is 0.291. The van der Waals surface area contributed by atoms with Crippen LogP contribution in [0.15, 0.2) is 29.3 Å². The predicted molar refractivity (Wildman–Crippen MR) is 129 cm³/mol. The minimum atomic E-state index is -0.0249. The monoisotopic (exact) mass is 447 g/mol. The molecule has 0 saturated carbocycles. The molecular formula is C24H41N5O3. The maximum atomic E-state index is 12.1. The number of ether oxygens (including phenoxy) is 2. The summed E-state index contributed by atoms with van der Waals surface area (Å²) in [6.07, 6.45) is 4.62. The summed E-state index contributed by atoms with van der Waals surface area (Å²) < 4.78 is 10.8. The Labute approximate surface area is 193 Å². The second-order valence-electron chi connectivity index (χ2n) is 8.20. The molecule has 180 valence electrons. The zero-order valence-electron chi connectivity index (χ0n) is 20.2. The van der Waals surface area contributed by atoms with Crippen molar-refractivity contribution in [2.75, 3.05) is 67.1 Å². The molecule has 1 heterocycles. The van der Waals surface area contributed by atoms with Crippen molar-refractivity contribution in [3.05, 3.63) is 29.8 Å². The molecular weight excluding hydrogens is 406 g/mol. The van der Waals surface area contributed by atoms with E-state index in [2.05, 4.69) is 32.7 Å². The van der Waals surface area contributed by atoms with E-state index < -0.39 is 0 Å². The molecule has 8 nitrogen and oxygen atoms in total. The van der Waals surface area contributed by atoms with Crippen molar-refractivity contribution in [3.63, 3.8) is 0 Å². The number of rotatable bonds is 12. The number of carbonyl (C=O) groups excluding carboxylic acids is 1. The molecule has 2 N–H and O–H groups in total. The molecule has 1 aliphatic rings. The molecule has 0 spiro atoms. The van der Waals surface area contributed by atoms with Gasteiger partial charge in [-0.2, -0.15) is 0 Å². The van der Waals surface area contributed by atoms with Crippen LogP contribution in [0.25, 0.3) is 0 Å². The van der Waals surface area contributed by atoms with Crippen molar-refractivity contribution in [1.29, 1.82) is 0 Å². The summed E-state index contributed by atoms with van der Waals surface area (Å²) in [5, 5.41) is 6.83. The molecule has 0 aliphatic carbocycles. The van der Waals surface area contributed by atoms with Gasteiger partial charge in [0.05, 0.1) is 13.2 Å². The highest BCUT2D eigenvalue weighted by Gasteiger charge is 2.22. The van der Waals surface area contributed by atoms with Crippen LogP contribution in [0.1, 0.15) is 44.2 Å². The van der Waals surface area contributed by atoms with Crippen molar-refractivity contribution < 1.29 is 14.3 Å². The Balaban J connectivity index is 2.07. The first-order valence-electron chi connectivity index (χ1n) is 11.7. The molecule has 1 amide bonds. The lowest BCUT2D eigenvalue weighted by molar-refractivity contribution is -0.127. The minimum absolute atomic E-state index is 0.0249. The Kier molecular flexibility index (Phi) is 11.9. The Hall–Kier alpha value is -2.32. The van der Waals surface area contributed by atoms with Crippen molar-refractivity contribution in [2.45, 2.75) is 38.6 Å². The molecule has 1 aromatic carbocycles. The van der Waals surface area contributed by atoms with E-state index in [4.69, 9.17) is 9.47 Å². The first kappa shape index (κ1) is 25.9. The first-order chi connectivity index (χ1) is 15.5. The van der Waals surface area contributed by atoms with Crippen molar-refractivity contribution in [3.8, 4) is 5.75 Å². The van der Waals surface area contributed by atoms with Crippen LogP contribution in [0.3, 0.4) is 0 Å².